The van der Waals surface area contributed by atoms with Gasteiger partial charge in [0.05, 0.1) is 12.3 Å². The van der Waals surface area contributed by atoms with Crippen molar-refractivity contribution in [3.05, 3.63) is 60.7 Å². The molecular formula is C22H26N4O. The molecule has 5 nitrogen and oxygen atoms in total. The lowest BCUT2D eigenvalue weighted by atomic mass is 10.1. The largest absolute Gasteiger partial charge is 0.494 e. The quantitative estimate of drug-likeness (QED) is 0.554. The first kappa shape index (κ1) is 18.7. The molecular weight excluding hydrogens is 336 g/mol. The Balaban J connectivity index is 1.89. The van der Waals surface area contributed by atoms with Crippen LogP contribution in [0.15, 0.2) is 60.7 Å². The van der Waals surface area contributed by atoms with Crippen LogP contribution >= 0.6 is 0 Å². The van der Waals surface area contributed by atoms with Gasteiger partial charge in [-0.05, 0) is 44.5 Å². The minimum atomic E-state index is 0.300. The van der Waals surface area contributed by atoms with E-state index in [2.05, 4.69) is 46.6 Å². The minimum Gasteiger partial charge on any atom is -0.494 e. The van der Waals surface area contributed by atoms with Crippen LogP contribution in [0.4, 0.5) is 17.5 Å². The summed E-state index contributed by atoms with van der Waals surface area (Å²) in [5.41, 5.74) is 2.89. The number of anilines is 3. The van der Waals surface area contributed by atoms with Crippen molar-refractivity contribution in [1.82, 2.24) is 9.97 Å². The average molecular weight is 362 g/mol. The van der Waals surface area contributed by atoms with Gasteiger partial charge in [-0.3, -0.25) is 0 Å². The van der Waals surface area contributed by atoms with Gasteiger partial charge in [0, 0.05) is 23.4 Å². The zero-order valence-electron chi connectivity index (χ0n) is 16.1. The van der Waals surface area contributed by atoms with Crippen LogP contribution in [0.5, 0.6) is 5.75 Å². The lowest BCUT2D eigenvalue weighted by Gasteiger charge is -2.15. The molecule has 0 aliphatic rings. The van der Waals surface area contributed by atoms with E-state index in [1.165, 1.54) is 0 Å². The fourth-order valence-electron chi connectivity index (χ4n) is 2.60. The van der Waals surface area contributed by atoms with Crippen LogP contribution in [0.25, 0.3) is 11.3 Å². The number of hydrogen-bond acceptors (Lipinski definition) is 5. The summed E-state index contributed by atoms with van der Waals surface area (Å²) in [7, 11) is 0. The lowest BCUT2D eigenvalue weighted by molar-refractivity contribution is 0.340. The molecule has 0 spiro atoms. The van der Waals surface area contributed by atoms with Crippen molar-refractivity contribution >= 4 is 17.5 Å². The third kappa shape index (κ3) is 5.20. The number of aromatic nitrogens is 2. The molecule has 0 saturated heterocycles. The van der Waals surface area contributed by atoms with Crippen molar-refractivity contribution in [2.45, 2.75) is 33.2 Å². The van der Waals surface area contributed by atoms with Gasteiger partial charge in [0.1, 0.15) is 11.6 Å². The summed E-state index contributed by atoms with van der Waals surface area (Å²) >= 11 is 0. The molecule has 0 aliphatic heterocycles. The van der Waals surface area contributed by atoms with E-state index in [1.54, 1.807) is 0 Å². The molecule has 0 radical (unpaired) electrons. The zero-order valence-corrected chi connectivity index (χ0v) is 16.1. The van der Waals surface area contributed by atoms with Crippen LogP contribution in [0.3, 0.4) is 0 Å². The summed E-state index contributed by atoms with van der Waals surface area (Å²) in [5, 5.41) is 6.74. The standard InChI is InChI=1S/C22H26N4O/c1-4-16(3)23-22-25-20(17-9-7-6-8-10-17)15-21(26-22)24-18-11-13-19(14-12-18)27-5-2/h6-16H,4-5H2,1-3H3,(H2,23,24,25,26)/t16-/m1/s1. The monoisotopic (exact) mass is 362 g/mol. The number of hydrogen-bond donors (Lipinski definition) is 2. The van der Waals surface area contributed by atoms with E-state index in [0.717, 1.165) is 34.9 Å². The second-order valence-electron chi connectivity index (χ2n) is 6.36. The van der Waals surface area contributed by atoms with Gasteiger partial charge in [-0.15, -0.1) is 0 Å². The van der Waals surface area contributed by atoms with E-state index in [-0.39, 0.29) is 0 Å². The molecule has 140 valence electrons. The van der Waals surface area contributed by atoms with E-state index in [9.17, 15) is 0 Å². The summed E-state index contributed by atoms with van der Waals surface area (Å²) in [6.07, 6.45) is 1.00. The molecule has 3 aromatic rings. The molecule has 0 bridgehead atoms. The van der Waals surface area contributed by atoms with E-state index >= 15 is 0 Å². The van der Waals surface area contributed by atoms with Gasteiger partial charge in [-0.1, -0.05) is 37.3 Å². The topological polar surface area (TPSA) is 59.1 Å². The van der Waals surface area contributed by atoms with Crippen LogP contribution in [-0.2, 0) is 0 Å². The molecule has 27 heavy (non-hydrogen) atoms. The Bertz CT molecular complexity index is 850. The maximum Gasteiger partial charge on any atom is 0.225 e. The molecule has 1 atom stereocenters. The summed E-state index contributed by atoms with van der Waals surface area (Å²) < 4.78 is 5.50. The molecule has 5 heteroatoms. The first-order valence-corrected chi connectivity index (χ1v) is 9.39. The maximum absolute atomic E-state index is 5.50. The summed E-state index contributed by atoms with van der Waals surface area (Å²) in [6.45, 7) is 6.89. The molecule has 0 amide bonds. The van der Waals surface area contributed by atoms with Crippen molar-refractivity contribution < 1.29 is 4.74 Å². The van der Waals surface area contributed by atoms with E-state index in [0.29, 0.717) is 18.6 Å². The predicted octanol–water partition coefficient (Wildman–Crippen LogP) is 5.50. The van der Waals surface area contributed by atoms with Crippen LogP contribution < -0.4 is 15.4 Å². The van der Waals surface area contributed by atoms with Crippen molar-refractivity contribution in [2.75, 3.05) is 17.2 Å². The third-order valence-corrected chi connectivity index (χ3v) is 4.22. The van der Waals surface area contributed by atoms with Crippen LogP contribution in [-0.4, -0.2) is 22.6 Å². The number of nitrogens with zero attached hydrogens (tertiary/aromatic N) is 2. The first-order valence-electron chi connectivity index (χ1n) is 9.39. The maximum atomic E-state index is 5.50. The predicted molar refractivity (Wildman–Crippen MR) is 112 cm³/mol. The Morgan fingerprint density at radius 2 is 1.70 bits per heavy atom. The van der Waals surface area contributed by atoms with Gasteiger partial charge in [0.2, 0.25) is 5.95 Å². The second kappa shape index (κ2) is 9.03. The van der Waals surface area contributed by atoms with Crippen molar-refractivity contribution in [1.29, 1.82) is 0 Å². The molecule has 0 fully saturated rings. The molecule has 1 aromatic heterocycles. The van der Waals surface area contributed by atoms with E-state index < -0.39 is 0 Å². The number of rotatable bonds is 8. The molecule has 0 unspecified atom stereocenters. The van der Waals surface area contributed by atoms with Crippen LogP contribution in [0.1, 0.15) is 27.2 Å². The lowest BCUT2D eigenvalue weighted by Crippen LogP contribution is -2.16. The van der Waals surface area contributed by atoms with Gasteiger partial charge >= 0.3 is 0 Å². The molecule has 0 aliphatic carbocycles. The van der Waals surface area contributed by atoms with Gasteiger partial charge in [0.25, 0.3) is 0 Å². The molecule has 0 saturated carbocycles. The minimum absolute atomic E-state index is 0.300. The van der Waals surface area contributed by atoms with Crippen LogP contribution in [0.2, 0.25) is 0 Å². The van der Waals surface area contributed by atoms with Crippen molar-refractivity contribution in [3.8, 4) is 17.0 Å². The Labute approximate surface area is 160 Å². The average Bonchev–Trinajstić information content (AvgIpc) is 2.70. The number of benzene rings is 2. The van der Waals surface area contributed by atoms with E-state index in [1.807, 2.05) is 55.5 Å². The fourth-order valence-corrected chi connectivity index (χ4v) is 2.60. The highest BCUT2D eigenvalue weighted by molar-refractivity contribution is 5.67. The first-order chi connectivity index (χ1) is 13.2. The summed E-state index contributed by atoms with van der Waals surface area (Å²) in [5.74, 6) is 2.23. The molecule has 2 aromatic carbocycles. The highest BCUT2D eigenvalue weighted by atomic mass is 16.5. The molecule has 3 rings (SSSR count). The Morgan fingerprint density at radius 1 is 0.963 bits per heavy atom. The van der Waals surface area contributed by atoms with Gasteiger partial charge < -0.3 is 15.4 Å². The Kier molecular flexibility index (Phi) is 6.26. The Morgan fingerprint density at radius 3 is 2.37 bits per heavy atom. The van der Waals surface area contributed by atoms with E-state index in [4.69, 9.17) is 4.74 Å². The normalized spacial score (nSPS) is 11.7. The highest BCUT2D eigenvalue weighted by Gasteiger charge is 2.09. The molecule has 1 heterocycles. The van der Waals surface area contributed by atoms with Gasteiger partial charge in [-0.2, -0.15) is 4.98 Å². The summed E-state index contributed by atoms with van der Waals surface area (Å²) in [6, 6.07) is 20.3. The SMILES string of the molecule is CCOc1ccc(Nc2cc(-c3ccccc3)nc(N[C@H](C)CC)n2)cc1. The number of nitrogens with one attached hydrogen (secondary N) is 2. The molecule has 2 N–H and O–H groups in total. The van der Waals surface area contributed by atoms with Crippen molar-refractivity contribution in [2.24, 2.45) is 0 Å². The smallest absolute Gasteiger partial charge is 0.225 e. The number of ether oxygens (including phenoxy) is 1. The Hall–Kier alpha value is -3.08. The second-order valence-corrected chi connectivity index (χ2v) is 6.36. The van der Waals surface area contributed by atoms with Gasteiger partial charge in [0.15, 0.2) is 0 Å². The highest BCUT2D eigenvalue weighted by Crippen LogP contribution is 2.25. The summed E-state index contributed by atoms with van der Waals surface area (Å²) in [4.78, 5) is 9.33. The fraction of sp³-hybridized carbons (Fsp3) is 0.273. The third-order valence-electron chi connectivity index (χ3n) is 4.22. The zero-order chi connectivity index (χ0) is 19.1. The van der Waals surface area contributed by atoms with Gasteiger partial charge in [-0.25, -0.2) is 4.98 Å². The van der Waals surface area contributed by atoms with Crippen molar-refractivity contribution in [3.63, 3.8) is 0 Å². The van der Waals surface area contributed by atoms with Crippen LogP contribution in [0, 0.1) is 0 Å².